The third-order valence-electron chi connectivity index (χ3n) is 2.13. The molecule has 2 N–H and O–H groups in total. The standard InChI is InChI=1S/C10H17N3O2/c1-7(2)5-3-4-6-11-10-12-8(14)9(15)13-10/h7H,3-6H2,1-2H3,(H2,11,12,13,14,15). The smallest absolute Gasteiger partial charge is 0.288 e. The molecule has 0 atom stereocenters. The Hall–Kier alpha value is -1.39. The summed E-state index contributed by atoms with van der Waals surface area (Å²) < 4.78 is 0. The highest BCUT2D eigenvalue weighted by Crippen LogP contribution is 2.05. The Kier molecular flexibility index (Phi) is 4.27. The summed E-state index contributed by atoms with van der Waals surface area (Å²) in [5.41, 5.74) is 0. The molecule has 0 aromatic rings. The Labute approximate surface area is 89.3 Å². The number of nitrogens with zero attached hydrogens (tertiary/aromatic N) is 1. The van der Waals surface area contributed by atoms with Crippen molar-refractivity contribution < 1.29 is 9.59 Å². The average molecular weight is 211 g/mol. The number of amides is 2. The minimum absolute atomic E-state index is 0.287. The molecule has 1 aliphatic rings. The summed E-state index contributed by atoms with van der Waals surface area (Å²) in [7, 11) is 0. The van der Waals surface area contributed by atoms with Crippen molar-refractivity contribution in [2.45, 2.75) is 33.1 Å². The Bertz CT molecular complexity index is 266. The minimum Gasteiger partial charge on any atom is -0.288 e. The van der Waals surface area contributed by atoms with Gasteiger partial charge >= 0.3 is 11.8 Å². The van der Waals surface area contributed by atoms with E-state index in [9.17, 15) is 9.59 Å². The first-order chi connectivity index (χ1) is 7.09. The highest BCUT2D eigenvalue weighted by Gasteiger charge is 2.24. The van der Waals surface area contributed by atoms with Gasteiger partial charge in [-0.1, -0.05) is 26.7 Å². The zero-order valence-electron chi connectivity index (χ0n) is 9.17. The van der Waals surface area contributed by atoms with Crippen molar-refractivity contribution in [3.05, 3.63) is 0 Å². The van der Waals surface area contributed by atoms with E-state index in [2.05, 4.69) is 29.5 Å². The van der Waals surface area contributed by atoms with Crippen LogP contribution in [0.2, 0.25) is 0 Å². The van der Waals surface area contributed by atoms with Crippen LogP contribution < -0.4 is 10.6 Å². The molecule has 1 fully saturated rings. The zero-order chi connectivity index (χ0) is 11.3. The Morgan fingerprint density at radius 3 is 2.27 bits per heavy atom. The summed E-state index contributed by atoms with van der Waals surface area (Å²) in [5.74, 6) is -0.259. The average Bonchev–Trinajstić information content (AvgIpc) is 2.45. The lowest BCUT2D eigenvalue weighted by Crippen LogP contribution is -2.25. The first-order valence-electron chi connectivity index (χ1n) is 5.26. The molecule has 0 spiro atoms. The molecule has 2 amide bonds. The van der Waals surface area contributed by atoms with E-state index in [0.29, 0.717) is 12.5 Å². The predicted octanol–water partition coefficient (Wildman–Crippen LogP) is 0.415. The molecule has 0 bridgehead atoms. The highest BCUT2D eigenvalue weighted by atomic mass is 16.2. The number of guanidine groups is 1. The van der Waals surface area contributed by atoms with Crippen LogP contribution in [-0.4, -0.2) is 24.3 Å². The van der Waals surface area contributed by atoms with E-state index in [1.54, 1.807) is 0 Å². The fraction of sp³-hybridized carbons (Fsp3) is 0.700. The molecule has 0 aliphatic carbocycles. The van der Waals surface area contributed by atoms with Gasteiger partial charge in [0.1, 0.15) is 0 Å². The summed E-state index contributed by atoms with van der Waals surface area (Å²) in [6.45, 7) is 5.01. The van der Waals surface area contributed by atoms with Gasteiger partial charge in [-0.3, -0.25) is 25.2 Å². The lowest BCUT2D eigenvalue weighted by molar-refractivity contribution is -0.135. The molecular formula is C10H17N3O2. The summed E-state index contributed by atoms with van der Waals surface area (Å²) in [5, 5.41) is 4.71. The number of rotatable bonds is 5. The van der Waals surface area contributed by atoms with E-state index < -0.39 is 11.8 Å². The molecule has 0 saturated carbocycles. The van der Waals surface area contributed by atoms with Crippen LogP contribution in [0, 0.1) is 5.92 Å². The molecule has 0 aromatic carbocycles. The molecular weight excluding hydrogens is 194 g/mol. The van der Waals surface area contributed by atoms with Gasteiger partial charge in [0, 0.05) is 6.54 Å². The molecule has 0 aromatic heterocycles. The fourth-order valence-electron chi connectivity index (χ4n) is 1.29. The van der Waals surface area contributed by atoms with Gasteiger partial charge in [0.25, 0.3) is 0 Å². The lowest BCUT2D eigenvalue weighted by Gasteiger charge is -2.02. The number of unbranched alkanes of at least 4 members (excludes halogenated alkanes) is 1. The van der Waals surface area contributed by atoms with Gasteiger partial charge < -0.3 is 0 Å². The van der Waals surface area contributed by atoms with Crippen LogP contribution in [-0.2, 0) is 9.59 Å². The number of hydrogen-bond donors (Lipinski definition) is 2. The van der Waals surface area contributed by atoms with Crippen LogP contribution in [0.5, 0.6) is 0 Å². The lowest BCUT2D eigenvalue weighted by atomic mass is 10.1. The van der Waals surface area contributed by atoms with E-state index in [4.69, 9.17) is 0 Å². The summed E-state index contributed by atoms with van der Waals surface area (Å²) in [6.07, 6.45) is 3.29. The Morgan fingerprint density at radius 1 is 1.13 bits per heavy atom. The van der Waals surface area contributed by atoms with Crippen LogP contribution >= 0.6 is 0 Å². The second-order valence-electron chi connectivity index (χ2n) is 4.03. The number of aliphatic imine (C=N–C) groups is 1. The highest BCUT2D eigenvalue weighted by molar-refractivity contribution is 6.45. The maximum atomic E-state index is 10.8. The van der Waals surface area contributed by atoms with Gasteiger partial charge in [-0.05, 0) is 12.3 Å². The van der Waals surface area contributed by atoms with Crippen LogP contribution in [0.25, 0.3) is 0 Å². The monoisotopic (exact) mass is 211 g/mol. The van der Waals surface area contributed by atoms with Crippen molar-refractivity contribution >= 4 is 17.8 Å². The maximum absolute atomic E-state index is 10.8. The molecule has 1 heterocycles. The normalized spacial score (nSPS) is 15.5. The van der Waals surface area contributed by atoms with Gasteiger partial charge in [0.05, 0.1) is 0 Å². The summed E-state index contributed by atoms with van der Waals surface area (Å²) in [6, 6.07) is 0. The van der Waals surface area contributed by atoms with Crippen LogP contribution in [0.4, 0.5) is 0 Å². The largest absolute Gasteiger partial charge is 0.316 e. The first-order valence-corrected chi connectivity index (χ1v) is 5.26. The number of hydrogen-bond acceptors (Lipinski definition) is 3. The Balaban J connectivity index is 2.17. The van der Waals surface area contributed by atoms with Gasteiger partial charge in [0.2, 0.25) is 5.96 Å². The molecule has 1 rings (SSSR count). The molecule has 1 aliphatic heterocycles. The SMILES string of the molecule is CC(C)CCCCN=C1NC(=O)C(=O)N1. The fourth-order valence-corrected chi connectivity index (χ4v) is 1.29. The third kappa shape index (κ3) is 4.10. The number of carbonyl (C=O) groups excluding carboxylic acids is 2. The summed E-state index contributed by atoms with van der Waals surface area (Å²) >= 11 is 0. The van der Waals surface area contributed by atoms with E-state index in [1.165, 1.54) is 6.42 Å². The maximum Gasteiger partial charge on any atom is 0.316 e. The summed E-state index contributed by atoms with van der Waals surface area (Å²) in [4.78, 5) is 25.6. The van der Waals surface area contributed by atoms with Gasteiger partial charge in [-0.15, -0.1) is 0 Å². The van der Waals surface area contributed by atoms with E-state index in [-0.39, 0.29) is 5.96 Å². The number of nitrogens with one attached hydrogen (secondary N) is 2. The van der Waals surface area contributed by atoms with Crippen molar-refractivity contribution in [2.24, 2.45) is 10.9 Å². The van der Waals surface area contributed by atoms with Crippen molar-refractivity contribution in [1.82, 2.24) is 10.6 Å². The van der Waals surface area contributed by atoms with E-state index in [1.807, 2.05) is 0 Å². The second-order valence-corrected chi connectivity index (χ2v) is 4.03. The van der Waals surface area contributed by atoms with Crippen molar-refractivity contribution in [1.29, 1.82) is 0 Å². The Morgan fingerprint density at radius 2 is 1.73 bits per heavy atom. The predicted molar refractivity (Wildman–Crippen MR) is 57.3 cm³/mol. The minimum atomic E-state index is -0.629. The molecule has 15 heavy (non-hydrogen) atoms. The van der Waals surface area contributed by atoms with Crippen molar-refractivity contribution in [3.63, 3.8) is 0 Å². The van der Waals surface area contributed by atoms with Crippen LogP contribution in [0.1, 0.15) is 33.1 Å². The molecule has 0 radical (unpaired) electrons. The molecule has 1 saturated heterocycles. The second kappa shape index (κ2) is 5.48. The molecule has 5 nitrogen and oxygen atoms in total. The van der Waals surface area contributed by atoms with Gasteiger partial charge in [-0.25, -0.2) is 0 Å². The van der Waals surface area contributed by atoms with Crippen LogP contribution in [0.3, 0.4) is 0 Å². The van der Waals surface area contributed by atoms with Gasteiger partial charge in [-0.2, -0.15) is 0 Å². The number of carbonyl (C=O) groups is 2. The van der Waals surface area contributed by atoms with Gasteiger partial charge in [0.15, 0.2) is 0 Å². The third-order valence-corrected chi connectivity index (χ3v) is 2.13. The molecule has 0 unspecified atom stereocenters. The first kappa shape index (κ1) is 11.7. The van der Waals surface area contributed by atoms with Crippen LogP contribution in [0.15, 0.2) is 4.99 Å². The molecule has 84 valence electrons. The zero-order valence-corrected chi connectivity index (χ0v) is 9.17. The van der Waals surface area contributed by atoms with E-state index in [0.717, 1.165) is 12.8 Å². The molecule has 5 heteroatoms. The van der Waals surface area contributed by atoms with E-state index >= 15 is 0 Å². The van der Waals surface area contributed by atoms with Crippen molar-refractivity contribution in [2.75, 3.05) is 6.54 Å². The van der Waals surface area contributed by atoms with Crippen molar-refractivity contribution in [3.8, 4) is 0 Å². The quantitative estimate of drug-likeness (QED) is 0.511. The topological polar surface area (TPSA) is 70.6 Å².